The van der Waals surface area contributed by atoms with E-state index in [1.54, 1.807) is 12.1 Å². The van der Waals surface area contributed by atoms with E-state index in [1.807, 2.05) is 30.3 Å². The molecule has 138 valence electrons. The molecule has 0 aromatic heterocycles. The van der Waals surface area contributed by atoms with Crippen LogP contribution in [-0.4, -0.2) is 24.2 Å². The molecule has 4 nitrogen and oxygen atoms in total. The zero-order valence-corrected chi connectivity index (χ0v) is 16.6. The number of nitrogens with one attached hydrogen (secondary N) is 1. The van der Waals surface area contributed by atoms with E-state index in [1.165, 1.54) is 17.3 Å². The van der Waals surface area contributed by atoms with Crippen molar-refractivity contribution in [2.24, 2.45) is 0 Å². The van der Waals surface area contributed by atoms with Crippen LogP contribution in [0, 0.1) is 0 Å². The van der Waals surface area contributed by atoms with Gasteiger partial charge >= 0.3 is 5.97 Å². The molecule has 0 unspecified atom stereocenters. The number of carbonyl (C=O) groups excluding carboxylic acids is 2. The molecule has 0 saturated carbocycles. The van der Waals surface area contributed by atoms with Gasteiger partial charge in [0.05, 0.1) is 15.8 Å². The first-order valence-electron chi connectivity index (χ1n) is 8.04. The second-order valence-corrected chi connectivity index (χ2v) is 7.30. The van der Waals surface area contributed by atoms with Crippen molar-refractivity contribution >= 4 is 52.5 Å². The number of rotatable bonds is 8. The second-order valence-electron chi connectivity index (χ2n) is 5.50. The molecule has 0 saturated heterocycles. The SMILES string of the molecule is CCc1ccc(NC(=O)COC(=O)CSCc2ccc(Cl)c(Cl)c2)cc1. The highest BCUT2D eigenvalue weighted by Crippen LogP contribution is 2.24. The molecule has 26 heavy (non-hydrogen) atoms. The maximum Gasteiger partial charge on any atom is 0.316 e. The smallest absolute Gasteiger partial charge is 0.316 e. The van der Waals surface area contributed by atoms with Crippen molar-refractivity contribution in [1.82, 2.24) is 0 Å². The van der Waals surface area contributed by atoms with E-state index in [0.717, 1.165) is 12.0 Å². The molecule has 0 spiro atoms. The van der Waals surface area contributed by atoms with Crippen LogP contribution in [0.2, 0.25) is 10.0 Å². The number of hydrogen-bond donors (Lipinski definition) is 1. The van der Waals surface area contributed by atoms with Crippen LogP contribution >= 0.6 is 35.0 Å². The molecule has 0 fully saturated rings. The molecule has 7 heteroatoms. The highest BCUT2D eigenvalue weighted by molar-refractivity contribution is 7.99. The van der Waals surface area contributed by atoms with Gasteiger partial charge in [0.1, 0.15) is 0 Å². The highest BCUT2D eigenvalue weighted by Gasteiger charge is 2.09. The number of anilines is 1. The summed E-state index contributed by atoms with van der Waals surface area (Å²) in [6, 6.07) is 12.9. The van der Waals surface area contributed by atoms with Crippen molar-refractivity contribution < 1.29 is 14.3 Å². The molecule has 2 aromatic carbocycles. The van der Waals surface area contributed by atoms with Crippen LogP contribution in [0.5, 0.6) is 0 Å². The van der Waals surface area contributed by atoms with Gasteiger partial charge in [0.25, 0.3) is 5.91 Å². The van der Waals surface area contributed by atoms with Crippen molar-refractivity contribution in [2.75, 3.05) is 17.7 Å². The number of carbonyl (C=O) groups is 2. The van der Waals surface area contributed by atoms with E-state index in [2.05, 4.69) is 12.2 Å². The van der Waals surface area contributed by atoms with Crippen LogP contribution in [0.3, 0.4) is 0 Å². The number of halogens is 2. The summed E-state index contributed by atoms with van der Waals surface area (Å²) in [6.45, 7) is 1.76. The van der Waals surface area contributed by atoms with Gasteiger partial charge in [-0.05, 0) is 41.8 Å². The summed E-state index contributed by atoms with van der Waals surface area (Å²) in [5.41, 5.74) is 2.83. The number of aryl methyl sites for hydroxylation is 1. The maximum atomic E-state index is 11.8. The van der Waals surface area contributed by atoms with E-state index in [9.17, 15) is 9.59 Å². The molecule has 1 amide bonds. The second kappa shape index (κ2) is 10.5. The summed E-state index contributed by atoms with van der Waals surface area (Å²) < 4.78 is 4.98. The van der Waals surface area contributed by atoms with Crippen LogP contribution in [0.25, 0.3) is 0 Å². The number of esters is 1. The third kappa shape index (κ3) is 6.90. The van der Waals surface area contributed by atoms with Gasteiger partial charge in [0.15, 0.2) is 6.61 Å². The average Bonchev–Trinajstić information content (AvgIpc) is 2.63. The number of benzene rings is 2. The third-order valence-corrected chi connectivity index (χ3v) is 5.20. The van der Waals surface area contributed by atoms with Crippen molar-refractivity contribution in [1.29, 1.82) is 0 Å². The highest BCUT2D eigenvalue weighted by atomic mass is 35.5. The van der Waals surface area contributed by atoms with Gasteiger partial charge in [-0.2, -0.15) is 0 Å². The Kier molecular flexibility index (Phi) is 8.29. The molecule has 0 heterocycles. The first-order valence-corrected chi connectivity index (χ1v) is 9.95. The molecular formula is C19H19Cl2NO3S. The van der Waals surface area contributed by atoms with Gasteiger partial charge in [-0.3, -0.25) is 9.59 Å². The normalized spacial score (nSPS) is 10.4. The van der Waals surface area contributed by atoms with E-state index >= 15 is 0 Å². The summed E-state index contributed by atoms with van der Waals surface area (Å²) in [4.78, 5) is 23.5. The Balaban J connectivity index is 1.67. The number of amides is 1. The largest absolute Gasteiger partial charge is 0.455 e. The minimum Gasteiger partial charge on any atom is -0.455 e. The standard InChI is InChI=1S/C19H19Cl2NO3S/c1-2-13-3-6-15(7-4-13)22-18(23)10-25-19(24)12-26-11-14-5-8-16(20)17(21)9-14/h3-9H,2,10-12H2,1H3,(H,22,23). The predicted octanol–water partition coefficient (Wildman–Crippen LogP) is 4.97. The van der Waals surface area contributed by atoms with Crippen molar-refractivity contribution in [2.45, 2.75) is 19.1 Å². The van der Waals surface area contributed by atoms with Gasteiger partial charge in [0.2, 0.25) is 0 Å². The van der Waals surface area contributed by atoms with E-state index in [0.29, 0.717) is 21.5 Å². The summed E-state index contributed by atoms with van der Waals surface area (Å²) >= 11 is 13.2. The van der Waals surface area contributed by atoms with E-state index in [4.69, 9.17) is 27.9 Å². The molecule has 2 aromatic rings. The van der Waals surface area contributed by atoms with Crippen molar-refractivity contribution in [3.63, 3.8) is 0 Å². The molecule has 0 aliphatic heterocycles. The fourth-order valence-electron chi connectivity index (χ4n) is 2.09. The topological polar surface area (TPSA) is 55.4 Å². The lowest BCUT2D eigenvalue weighted by Crippen LogP contribution is -2.21. The fourth-order valence-corrected chi connectivity index (χ4v) is 3.18. The lowest BCUT2D eigenvalue weighted by molar-refractivity contribution is -0.144. The molecule has 0 atom stereocenters. The molecule has 0 aliphatic carbocycles. The minimum absolute atomic E-state index is 0.152. The first-order chi connectivity index (χ1) is 12.5. The predicted molar refractivity (Wildman–Crippen MR) is 108 cm³/mol. The fraction of sp³-hybridized carbons (Fsp3) is 0.263. The number of hydrogen-bond acceptors (Lipinski definition) is 4. The van der Waals surface area contributed by atoms with Gasteiger partial charge in [-0.1, -0.05) is 48.3 Å². The molecule has 0 aliphatic rings. The molecule has 0 radical (unpaired) electrons. The Morgan fingerprint density at radius 3 is 2.38 bits per heavy atom. The summed E-state index contributed by atoms with van der Waals surface area (Å²) in [7, 11) is 0. The Bertz CT molecular complexity index is 766. The van der Waals surface area contributed by atoms with Gasteiger partial charge < -0.3 is 10.1 Å². The molecule has 0 bridgehead atoms. The quantitative estimate of drug-likeness (QED) is 0.622. The summed E-state index contributed by atoms with van der Waals surface area (Å²) in [5.74, 6) is -0.0515. The van der Waals surface area contributed by atoms with E-state index in [-0.39, 0.29) is 18.3 Å². The van der Waals surface area contributed by atoms with Crippen LogP contribution < -0.4 is 5.32 Å². The Hall–Kier alpha value is -1.69. The van der Waals surface area contributed by atoms with Gasteiger partial charge in [-0.25, -0.2) is 0 Å². The Labute approximate surface area is 167 Å². The first kappa shape index (κ1) is 20.6. The average molecular weight is 412 g/mol. The van der Waals surface area contributed by atoms with Crippen molar-refractivity contribution in [3.05, 3.63) is 63.6 Å². The number of ether oxygens (including phenoxy) is 1. The Morgan fingerprint density at radius 2 is 1.73 bits per heavy atom. The van der Waals surface area contributed by atoms with Gasteiger partial charge in [0, 0.05) is 11.4 Å². The lowest BCUT2D eigenvalue weighted by atomic mass is 10.1. The lowest BCUT2D eigenvalue weighted by Gasteiger charge is -2.07. The van der Waals surface area contributed by atoms with E-state index < -0.39 is 5.97 Å². The monoisotopic (exact) mass is 411 g/mol. The molecular weight excluding hydrogens is 393 g/mol. The third-order valence-electron chi connectivity index (χ3n) is 3.48. The summed E-state index contributed by atoms with van der Waals surface area (Å²) in [5, 5.41) is 3.67. The zero-order chi connectivity index (χ0) is 18.9. The van der Waals surface area contributed by atoms with Crippen LogP contribution in [0.1, 0.15) is 18.1 Å². The van der Waals surface area contributed by atoms with Crippen LogP contribution in [0.4, 0.5) is 5.69 Å². The van der Waals surface area contributed by atoms with Crippen molar-refractivity contribution in [3.8, 4) is 0 Å². The Morgan fingerprint density at radius 1 is 1.04 bits per heavy atom. The zero-order valence-electron chi connectivity index (χ0n) is 14.3. The minimum atomic E-state index is -0.438. The molecule has 1 N–H and O–H groups in total. The summed E-state index contributed by atoms with van der Waals surface area (Å²) in [6.07, 6.45) is 0.936. The van der Waals surface area contributed by atoms with Crippen LogP contribution in [-0.2, 0) is 26.5 Å². The molecule has 2 rings (SSSR count). The number of thioether (sulfide) groups is 1. The van der Waals surface area contributed by atoms with Crippen LogP contribution in [0.15, 0.2) is 42.5 Å². The maximum absolute atomic E-state index is 11.8. The van der Waals surface area contributed by atoms with Gasteiger partial charge in [-0.15, -0.1) is 11.8 Å².